The second-order valence-corrected chi connectivity index (χ2v) is 6.68. The van der Waals surface area contributed by atoms with E-state index in [1.54, 1.807) is 12.1 Å². The first kappa shape index (κ1) is 17.3. The zero-order valence-corrected chi connectivity index (χ0v) is 14.3. The van der Waals surface area contributed by atoms with Crippen molar-refractivity contribution >= 4 is 22.5 Å². The maximum Gasteiger partial charge on any atom is 0.416 e. The van der Waals surface area contributed by atoms with Crippen LogP contribution >= 0.6 is 0 Å². The summed E-state index contributed by atoms with van der Waals surface area (Å²) in [5.74, 6) is -0.727. The van der Waals surface area contributed by atoms with Gasteiger partial charge in [0.2, 0.25) is 5.43 Å². The molecule has 27 heavy (non-hydrogen) atoms. The maximum absolute atomic E-state index is 12.8. The minimum Gasteiger partial charge on any atom is -0.343 e. The summed E-state index contributed by atoms with van der Waals surface area (Å²) in [4.78, 5) is 25.4. The van der Waals surface area contributed by atoms with Crippen molar-refractivity contribution in [2.45, 2.75) is 25.6 Å². The molecule has 0 spiro atoms. The van der Waals surface area contributed by atoms with Crippen molar-refractivity contribution in [1.82, 2.24) is 4.57 Å². The van der Waals surface area contributed by atoms with Gasteiger partial charge in [-0.05, 0) is 43.2 Å². The molecule has 2 heterocycles. The summed E-state index contributed by atoms with van der Waals surface area (Å²) in [6.45, 7) is 1.98. The predicted octanol–water partition coefficient (Wildman–Crippen LogP) is 4.39. The SMILES string of the molecule is C[C@@H]1Cc2cccc3c(=O)c(C(=O)Nc4cccc(C(F)(F)F)c4)cn1c23. The Kier molecular flexibility index (Phi) is 3.83. The lowest BCUT2D eigenvalue weighted by molar-refractivity contribution is -0.137. The molecule has 0 unspecified atom stereocenters. The number of carbonyl (C=O) groups excluding carboxylic acids is 1. The third kappa shape index (κ3) is 2.89. The van der Waals surface area contributed by atoms with E-state index in [1.807, 2.05) is 17.6 Å². The molecule has 138 valence electrons. The Morgan fingerprint density at radius 2 is 1.93 bits per heavy atom. The summed E-state index contributed by atoms with van der Waals surface area (Å²) < 4.78 is 40.4. The Morgan fingerprint density at radius 1 is 1.19 bits per heavy atom. The normalized spacial score (nSPS) is 15.9. The van der Waals surface area contributed by atoms with Gasteiger partial charge in [0, 0.05) is 23.3 Å². The lowest BCUT2D eigenvalue weighted by Gasteiger charge is -2.13. The van der Waals surface area contributed by atoms with Crippen LogP contribution in [0.2, 0.25) is 0 Å². The fraction of sp³-hybridized carbons (Fsp3) is 0.200. The fourth-order valence-corrected chi connectivity index (χ4v) is 3.55. The van der Waals surface area contributed by atoms with Crippen LogP contribution in [-0.4, -0.2) is 10.5 Å². The molecule has 1 amide bonds. The number of nitrogens with zero attached hydrogens (tertiary/aromatic N) is 1. The van der Waals surface area contributed by atoms with Crippen molar-refractivity contribution < 1.29 is 18.0 Å². The van der Waals surface area contributed by atoms with E-state index >= 15 is 0 Å². The van der Waals surface area contributed by atoms with E-state index in [9.17, 15) is 22.8 Å². The molecule has 4 nitrogen and oxygen atoms in total. The maximum atomic E-state index is 12.8. The van der Waals surface area contributed by atoms with Crippen LogP contribution in [0.5, 0.6) is 0 Å². The van der Waals surface area contributed by atoms with Gasteiger partial charge in [0.25, 0.3) is 5.91 Å². The number of benzene rings is 2. The number of carbonyl (C=O) groups is 1. The van der Waals surface area contributed by atoms with Crippen LogP contribution in [0.3, 0.4) is 0 Å². The molecule has 7 heteroatoms. The molecular weight excluding hydrogens is 357 g/mol. The molecule has 4 rings (SSSR count). The molecule has 1 atom stereocenters. The number of nitrogens with one attached hydrogen (secondary N) is 1. The number of amides is 1. The average Bonchev–Trinajstić information content (AvgIpc) is 2.93. The monoisotopic (exact) mass is 372 g/mol. The Bertz CT molecular complexity index is 1130. The summed E-state index contributed by atoms with van der Waals surface area (Å²) in [5.41, 5.74) is 0.449. The number of hydrogen-bond acceptors (Lipinski definition) is 2. The third-order valence-electron chi connectivity index (χ3n) is 4.82. The second kappa shape index (κ2) is 5.97. The van der Waals surface area contributed by atoms with Crippen molar-refractivity contribution in [2.75, 3.05) is 5.32 Å². The number of aromatic nitrogens is 1. The molecule has 0 fully saturated rings. The van der Waals surface area contributed by atoms with Gasteiger partial charge in [-0.15, -0.1) is 0 Å². The van der Waals surface area contributed by atoms with Gasteiger partial charge in [-0.1, -0.05) is 18.2 Å². The molecule has 1 aliphatic rings. The first-order valence-corrected chi connectivity index (χ1v) is 8.41. The van der Waals surface area contributed by atoms with Gasteiger partial charge in [-0.2, -0.15) is 13.2 Å². The second-order valence-electron chi connectivity index (χ2n) is 6.68. The number of halogens is 3. The summed E-state index contributed by atoms with van der Waals surface area (Å²) >= 11 is 0. The molecule has 0 radical (unpaired) electrons. The highest BCUT2D eigenvalue weighted by atomic mass is 19.4. The largest absolute Gasteiger partial charge is 0.416 e. The van der Waals surface area contributed by atoms with Crippen LogP contribution in [0.1, 0.15) is 34.5 Å². The van der Waals surface area contributed by atoms with E-state index < -0.39 is 23.1 Å². The Balaban J connectivity index is 1.75. The predicted molar refractivity (Wildman–Crippen MR) is 96.0 cm³/mol. The first-order valence-electron chi connectivity index (χ1n) is 8.41. The van der Waals surface area contributed by atoms with Crippen LogP contribution in [0.25, 0.3) is 10.9 Å². The van der Waals surface area contributed by atoms with Gasteiger partial charge in [0.05, 0.1) is 11.1 Å². The van der Waals surface area contributed by atoms with Gasteiger partial charge < -0.3 is 9.88 Å². The molecule has 0 aliphatic carbocycles. The van der Waals surface area contributed by atoms with Crippen molar-refractivity contribution in [3.05, 3.63) is 75.6 Å². The highest BCUT2D eigenvalue weighted by molar-refractivity contribution is 6.06. The summed E-state index contributed by atoms with van der Waals surface area (Å²) in [6.07, 6.45) is -2.26. The molecule has 1 aliphatic heterocycles. The zero-order valence-electron chi connectivity index (χ0n) is 14.3. The van der Waals surface area contributed by atoms with Crippen LogP contribution in [0.15, 0.2) is 53.5 Å². The minimum atomic E-state index is -4.51. The quantitative estimate of drug-likeness (QED) is 0.725. The third-order valence-corrected chi connectivity index (χ3v) is 4.82. The number of anilines is 1. The Hall–Kier alpha value is -3.09. The van der Waals surface area contributed by atoms with Gasteiger partial charge in [-0.25, -0.2) is 0 Å². The molecule has 3 aromatic rings. The van der Waals surface area contributed by atoms with Crippen LogP contribution in [0.4, 0.5) is 18.9 Å². The van der Waals surface area contributed by atoms with E-state index in [0.29, 0.717) is 5.39 Å². The molecule has 2 aromatic carbocycles. The van der Waals surface area contributed by atoms with Crippen LogP contribution in [-0.2, 0) is 12.6 Å². The molecule has 1 N–H and O–H groups in total. The molecule has 1 aromatic heterocycles. The highest BCUT2D eigenvalue weighted by Crippen LogP contribution is 2.32. The number of para-hydroxylation sites is 1. The lowest BCUT2D eigenvalue weighted by Crippen LogP contribution is -2.24. The Labute approximate surface area is 152 Å². The summed E-state index contributed by atoms with van der Waals surface area (Å²) in [7, 11) is 0. The van der Waals surface area contributed by atoms with Gasteiger partial charge in [0.15, 0.2) is 0 Å². The van der Waals surface area contributed by atoms with Crippen LogP contribution < -0.4 is 10.7 Å². The molecule has 0 bridgehead atoms. The first-order chi connectivity index (χ1) is 12.8. The number of alkyl halides is 3. The van der Waals surface area contributed by atoms with Gasteiger partial charge >= 0.3 is 6.18 Å². The van der Waals surface area contributed by atoms with Crippen molar-refractivity contribution in [3.63, 3.8) is 0 Å². The number of hydrogen-bond donors (Lipinski definition) is 1. The van der Waals surface area contributed by atoms with Gasteiger partial charge in [0.1, 0.15) is 5.56 Å². The van der Waals surface area contributed by atoms with E-state index in [0.717, 1.165) is 29.6 Å². The standard InChI is InChI=1S/C20H15F3N2O2/c1-11-8-12-4-2-7-15-17(12)25(11)10-16(18(15)26)19(27)24-14-6-3-5-13(9-14)20(21,22)23/h2-7,9-11H,8H2,1H3,(H,24,27)/t11-/m1/s1. The van der Waals surface area contributed by atoms with Crippen molar-refractivity contribution in [1.29, 1.82) is 0 Å². The van der Waals surface area contributed by atoms with E-state index in [-0.39, 0.29) is 17.3 Å². The van der Waals surface area contributed by atoms with Crippen molar-refractivity contribution in [2.24, 2.45) is 0 Å². The van der Waals surface area contributed by atoms with E-state index in [1.165, 1.54) is 18.3 Å². The Morgan fingerprint density at radius 3 is 2.67 bits per heavy atom. The lowest BCUT2D eigenvalue weighted by atomic mass is 10.1. The smallest absolute Gasteiger partial charge is 0.343 e. The van der Waals surface area contributed by atoms with E-state index in [2.05, 4.69) is 5.32 Å². The molecular formula is C20H15F3N2O2. The number of rotatable bonds is 2. The molecule has 0 saturated heterocycles. The average molecular weight is 372 g/mol. The zero-order chi connectivity index (χ0) is 19.3. The van der Waals surface area contributed by atoms with Gasteiger partial charge in [-0.3, -0.25) is 9.59 Å². The minimum absolute atomic E-state index is 0.0162. The summed E-state index contributed by atoms with van der Waals surface area (Å²) in [6, 6.07) is 9.80. The van der Waals surface area contributed by atoms with Crippen LogP contribution in [0, 0.1) is 0 Å². The number of pyridine rings is 1. The highest BCUT2D eigenvalue weighted by Gasteiger charge is 2.30. The van der Waals surface area contributed by atoms with E-state index in [4.69, 9.17) is 0 Å². The fourth-order valence-electron chi connectivity index (χ4n) is 3.55. The topological polar surface area (TPSA) is 51.1 Å². The van der Waals surface area contributed by atoms with Crippen molar-refractivity contribution in [3.8, 4) is 0 Å². The summed E-state index contributed by atoms with van der Waals surface area (Å²) in [5, 5.41) is 2.85. The molecule has 0 saturated carbocycles.